The fourth-order valence-electron chi connectivity index (χ4n) is 4.29. The van der Waals surface area contributed by atoms with Gasteiger partial charge in [-0.05, 0) is 49.8 Å². The Bertz CT molecular complexity index is 1560. The number of imidazole rings is 1. The highest BCUT2D eigenvalue weighted by Gasteiger charge is 2.25. The highest BCUT2D eigenvalue weighted by molar-refractivity contribution is 5.95. The number of allylic oxidation sites excluding steroid dienone is 1. The van der Waals surface area contributed by atoms with Crippen LogP contribution in [0.4, 0.5) is 14.9 Å². The third-order valence-corrected chi connectivity index (χ3v) is 6.59. The van der Waals surface area contributed by atoms with Crippen LogP contribution in [-0.4, -0.2) is 81.5 Å². The summed E-state index contributed by atoms with van der Waals surface area (Å²) in [5.74, 6) is -0.814. The second-order valence-electron chi connectivity index (χ2n) is 11.0. The number of ether oxygens (including phenoxy) is 1. The molecule has 1 atom stereocenters. The molecule has 3 heterocycles. The summed E-state index contributed by atoms with van der Waals surface area (Å²) in [5.41, 5.74) is 1.50. The smallest absolute Gasteiger partial charge is 0.410 e. The van der Waals surface area contributed by atoms with Crippen LogP contribution in [0.1, 0.15) is 50.8 Å². The molecule has 3 aromatic heterocycles. The molecule has 3 rings (SSSR count). The minimum absolute atomic E-state index is 0.00466. The van der Waals surface area contributed by atoms with Gasteiger partial charge in [0.05, 0.1) is 24.0 Å². The average molecular weight is 598 g/mol. The fraction of sp³-hybridized carbons (Fsp3) is 0.467. The standard InChI is InChI=1S/C30H40FN7O5/c1-8-19-13-14-21(33-28(40)23(43-30(42)37(6)7)11-9-10-12-25(39)36(4)5)29(41)38(19)17-24-34-26-20(31)16-32-22(15-18(2)3)27(26)35-24/h10,12-14,16,18,23H,8-9,11,15,17H2,1-7H3,(H,33,40)(H,34,35). The van der Waals surface area contributed by atoms with Gasteiger partial charge in [0.25, 0.3) is 11.5 Å². The molecule has 3 amide bonds. The third-order valence-electron chi connectivity index (χ3n) is 6.59. The fourth-order valence-corrected chi connectivity index (χ4v) is 4.29. The van der Waals surface area contributed by atoms with Crippen molar-refractivity contribution in [3.63, 3.8) is 0 Å². The molecular weight excluding hydrogens is 557 g/mol. The van der Waals surface area contributed by atoms with Crippen LogP contribution in [0.2, 0.25) is 0 Å². The van der Waals surface area contributed by atoms with Crippen LogP contribution in [0.3, 0.4) is 0 Å². The predicted molar refractivity (Wildman–Crippen MR) is 161 cm³/mol. The van der Waals surface area contributed by atoms with Gasteiger partial charge in [0, 0.05) is 33.9 Å². The van der Waals surface area contributed by atoms with E-state index in [2.05, 4.69) is 20.3 Å². The summed E-state index contributed by atoms with van der Waals surface area (Å²) in [6.07, 6.45) is 3.66. The van der Waals surface area contributed by atoms with E-state index in [1.165, 1.54) is 40.6 Å². The van der Waals surface area contributed by atoms with Crippen molar-refractivity contribution < 1.29 is 23.5 Å². The number of nitrogens with one attached hydrogen (secondary N) is 2. The van der Waals surface area contributed by atoms with Gasteiger partial charge in [-0.25, -0.2) is 14.2 Å². The first-order chi connectivity index (χ1) is 20.3. The summed E-state index contributed by atoms with van der Waals surface area (Å²) >= 11 is 0. The summed E-state index contributed by atoms with van der Waals surface area (Å²) in [4.78, 5) is 65.3. The molecule has 0 aliphatic rings. The van der Waals surface area contributed by atoms with Crippen molar-refractivity contribution in [2.24, 2.45) is 5.92 Å². The van der Waals surface area contributed by atoms with Crippen LogP contribution in [0, 0.1) is 11.7 Å². The Morgan fingerprint density at radius 1 is 1.16 bits per heavy atom. The number of fused-ring (bicyclic) bond motifs is 1. The molecule has 13 heteroatoms. The van der Waals surface area contributed by atoms with Crippen molar-refractivity contribution in [2.75, 3.05) is 33.5 Å². The number of hydrogen-bond donors (Lipinski definition) is 2. The van der Waals surface area contributed by atoms with E-state index in [9.17, 15) is 23.6 Å². The van der Waals surface area contributed by atoms with Gasteiger partial charge in [0.15, 0.2) is 11.9 Å². The molecule has 0 aliphatic heterocycles. The first-order valence-electron chi connectivity index (χ1n) is 14.1. The molecule has 1 unspecified atom stereocenters. The molecule has 0 radical (unpaired) electrons. The first-order valence-corrected chi connectivity index (χ1v) is 14.1. The van der Waals surface area contributed by atoms with Crippen molar-refractivity contribution in [3.05, 3.63) is 63.9 Å². The van der Waals surface area contributed by atoms with Crippen molar-refractivity contribution >= 4 is 34.6 Å². The van der Waals surface area contributed by atoms with Gasteiger partial charge in [-0.1, -0.05) is 26.8 Å². The maximum Gasteiger partial charge on any atom is 0.410 e. The normalized spacial score (nSPS) is 12.1. The summed E-state index contributed by atoms with van der Waals surface area (Å²) < 4.78 is 21.4. The molecule has 43 heavy (non-hydrogen) atoms. The lowest BCUT2D eigenvalue weighted by molar-refractivity contribution is -0.125. The number of H-pyrrole nitrogens is 1. The number of rotatable bonds is 12. The largest absolute Gasteiger partial charge is 0.436 e. The Labute approximate surface area is 249 Å². The maximum atomic E-state index is 14.6. The van der Waals surface area contributed by atoms with Crippen LogP contribution in [0.5, 0.6) is 0 Å². The lowest BCUT2D eigenvalue weighted by Gasteiger charge is -2.20. The van der Waals surface area contributed by atoms with Gasteiger partial charge in [0.1, 0.15) is 17.0 Å². The Morgan fingerprint density at radius 3 is 2.51 bits per heavy atom. The minimum atomic E-state index is -1.22. The number of amides is 3. The lowest BCUT2D eigenvalue weighted by atomic mass is 10.1. The second-order valence-corrected chi connectivity index (χ2v) is 11.0. The third kappa shape index (κ3) is 8.49. The average Bonchev–Trinajstić information content (AvgIpc) is 3.38. The molecular formula is C30H40FN7O5. The van der Waals surface area contributed by atoms with Crippen molar-refractivity contribution in [1.29, 1.82) is 0 Å². The SMILES string of the molecule is CCc1ccc(NC(=O)C(CCC=CC(=O)N(C)C)OC(=O)N(C)C)c(=O)n1Cc1nc2c(F)cnc(CC(C)C)c2[nH]1. The molecule has 0 fully saturated rings. The number of likely N-dealkylation sites (N-methyl/N-ethyl adjacent to an activating group) is 1. The number of pyridine rings is 2. The van der Waals surface area contributed by atoms with E-state index in [-0.39, 0.29) is 36.5 Å². The summed E-state index contributed by atoms with van der Waals surface area (Å²) in [6, 6.07) is 3.21. The molecule has 0 aromatic carbocycles. The number of nitrogens with zero attached hydrogens (tertiary/aromatic N) is 5. The Hall–Kier alpha value is -4.55. The van der Waals surface area contributed by atoms with Crippen molar-refractivity contribution in [2.45, 2.75) is 59.1 Å². The van der Waals surface area contributed by atoms with Crippen LogP contribution >= 0.6 is 0 Å². The zero-order valence-corrected chi connectivity index (χ0v) is 25.7. The van der Waals surface area contributed by atoms with Gasteiger partial charge in [-0.3, -0.25) is 19.4 Å². The molecule has 0 aliphatic carbocycles. The van der Waals surface area contributed by atoms with E-state index in [0.29, 0.717) is 41.5 Å². The van der Waals surface area contributed by atoms with E-state index in [1.807, 2.05) is 20.8 Å². The summed E-state index contributed by atoms with van der Waals surface area (Å²) in [5, 5.41) is 2.60. The van der Waals surface area contributed by atoms with E-state index in [0.717, 1.165) is 6.20 Å². The van der Waals surface area contributed by atoms with E-state index in [4.69, 9.17) is 4.74 Å². The number of carbonyl (C=O) groups excluding carboxylic acids is 3. The minimum Gasteiger partial charge on any atom is -0.436 e. The monoisotopic (exact) mass is 597 g/mol. The summed E-state index contributed by atoms with van der Waals surface area (Å²) in [6.45, 7) is 5.97. The molecule has 12 nitrogen and oxygen atoms in total. The number of halogens is 1. The number of carbonyl (C=O) groups is 3. The zero-order chi connectivity index (χ0) is 31.8. The Kier molecular flexibility index (Phi) is 11.2. The first kappa shape index (κ1) is 33.0. The van der Waals surface area contributed by atoms with Gasteiger partial charge < -0.3 is 29.4 Å². The number of aromatic nitrogens is 4. The molecule has 0 saturated heterocycles. The topological polar surface area (TPSA) is 143 Å². The zero-order valence-electron chi connectivity index (χ0n) is 25.7. The highest BCUT2D eigenvalue weighted by atomic mass is 19.1. The predicted octanol–water partition coefficient (Wildman–Crippen LogP) is 3.50. The van der Waals surface area contributed by atoms with E-state index in [1.54, 1.807) is 26.2 Å². The molecule has 232 valence electrons. The van der Waals surface area contributed by atoms with Gasteiger partial charge >= 0.3 is 6.09 Å². The molecule has 3 aromatic rings. The quantitative estimate of drug-likeness (QED) is 0.304. The highest BCUT2D eigenvalue weighted by Crippen LogP contribution is 2.21. The number of aryl methyl sites for hydroxylation is 1. The molecule has 2 N–H and O–H groups in total. The Morgan fingerprint density at radius 2 is 1.88 bits per heavy atom. The maximum absolute atomic E-state index is 14.6. The van der Waals surface area contributed by atoms with Crippen LogP contribution in [0.15, 0.2) is 35.3 Å². The van der Waals surface area contributed by atoms with Gasteiger partial charge in [-0.15, -0.1) is 0 Å². The van der Waals surface area contributed by atoms with Gasteiger partial charge in [0.2, 0.25) is 5.91 Å². The molecule has 0 bridgehead atoms. The van der Waals surface area contributed by atoms with E-state index < -0.39 is 29.5 Å². The number of aromatic amines is 1. The second kappa shape index (κ2) is 14.6. The Balaban J connectivity index is 1.88. The number of hydrogen-bond acceptors (Lipinski definition) is 7. The summed E-state index contributed by atoms with van der Waals surface area (Å²) in [7, 11) is 6.21. The van der Waals surface area contributed by atoms with E-state index >= 15 is 0 Å². The number of anilines is 1. The van der Waals surface area contributed by atoms with Crippen LogP contribution in [-0.2, 0) is 33.7 Å². The van der Waals surface area contributed by atoms with Crippen molar-refractivity contribution in [1.82, 2.24) is 29.3 Å². The lowest BCUT2D eigenvalue weighted by Crippen LogP contribution is -2.38. The molecule has 0 spiro atoms. The van der Waals surface area contributed by atoms with Crippen molar-refractivity contribution in [3.8, 4) is 0 Å². The van der Waals surface area contributed by atoms with Crippen LogP contribution in [0.25, 0.3) is 11.0 Å². The van der Waals surface area contributed by atoms with Crippen LogP contribution < -0.4 is 10.9 Å². The molecule has 0 saturated carbocycles. The van der Waals surface area contributed by atoms with Gasteiger partial charge in [-0.2, -0.15) is 0 Å².